The molecule has 7 rings (SSSR count). The molecule has 10 atom stereocenters. The van der Waals surface area contributed by atoms with E-state index in [9.17, 15) is 28.8 Å². The normalized spacial score (nSPS) is 27.5. The third-order valence-corrected chi connectivity index (χ3v) is 18.7. The molecule has 65 heavy (non-hydrogen) atoms. The molecule has 0 bridgehead atoms. The van der Waals surface area contributed by atoms with Crippen molar-refractivity contribution >= 4 is 31.2 Å². The van der Waals surface area contributed by atoms with Crippen molar-refractivity contribution in [3.05, 3.63) is 108 Å². The van der Waals surface area contributed by atoms with Gasteiger partial charge in [-0.25, -0.2) is 0 Å². The molecule has 4 aliphatic carbocycles. The minimum atomic E-state index is -3.60. The lowest BCUT2D eigenvalue weighted by atomic mass is 9.44. The smallest absolute Gasteiger partial charge is 0.309 e. The predicted octanol–water partition coefficient (Wildman–Crippen LogP) is 11.8. The number of esters is 2. The molecule has 354 valence electrons. The van der Waals surface area contributed by atoms with E-state index in [4.69, 9.17) is 19.7 Å². The van der Waals surface area contributed by atoms with E-state index in [1.165, 1.54) is 64.2 Å². The Balaban J connectivity index is 0.000000232. The molecule has 4 saturated carbocycles. The van der Waals surface area contributed by atoms with E-state index in [2.05, 4.69) is 20.8 Å². The van der Waals surface area contributed by atoms with Crippen molar-refractivity contribution in [2.24, 2.45) is 58.0 Å². The molecule has 0 aromatic heterocycles. The highest BCUT2D eigenvalue weighted by Crippen LogP contribution is 2.68. The summed E-state index contributed by atoms with van der Waals surface area (Å²) in [6.45, 7) is 7.81. The van der Waals surface area contributed by atoms with Gasteiger partial charge < -0.3 is 24.8 Å². The monoisotopic (exact) mass is 912 g/mol. The highest BCUT2D eigenvalue weighted by Gasteiger charge is 2.60. The Hall–Kier alpha value is -4.27. The second kappa shape index (κ2) is 23.5. The van der Waals surface area contributed by atoms with Gasteiger partial charge in [0, 0.05) is 25.2 Å². The number of carbonyl (C=O) groups is 4. The zero-order valence-corrected chi connectivity index (χ0v) is 40.0. The van der Waals surface area contributed by atoms with E-state index in [1.807, 2.05) is 78.9 Å². The average molecular weight is 912 g/mol. The second-order valence-electron chi connectivity index (χ2n) is 20.2. The number of fused-ring (bicyclic) bond motifs is 5. The van der Waals surface area contributed by atoms with Crippen LogP contribution in [0.25, 0.3) is 0 Å². The van der Waals surface area contributed by atoms with Crippen molar-refractivity contribution in [2.75, 3.05) is 12.3 Å². The van der Waals surface area contributed by atoms with E-state index in [0.717, 1.165) is 52.7 Å². The number of ether oxygens (including phenoxy) is 2. The second-order valence-corrected chi connectivity index (χ2v) is 22.9. The van der Waals surface area contributed by atoms with Crippen LogP contribution in [0.1, 0.15) is 134 Å². The van der Waals surface area contributed by atoms with Crippen LogP contribution in [0.15, 0.2) is 91.0 Å². The van der Waals surface area contributed by atoms with Gasteiger partial charge in [-0.1, -0.05) is 125 Å². The van der Waals surface area contributed by atoms with Crippen LogP contribution in [0, 0.1) is 52.3 Å². The number of carboxylic acids is 1. The third kappa shape index (κ3) is 13.7. The number of nitrogens with two attached hydrogens (primary N) is 1. The van der Waals surface area contributed by atoms with Crippen LogP contribution in [0.3, 0.4) is 0 Å². The lowest BCUT2D eigenvalue weighted by molar-refractivity contribution is -0.150. The lowest BCUT2D eigenvalue weighted by Crippen LogP contribution is -2.53. The topological polar surface area (TPSA) is 159 Å². The maximum absolute atomic E-state index is 13.8. The molecular weight excluding hydrogens is 838 g/mol. The van der Waals surface area contributed by atoms with Gasteiger partial charge in [0.1, 0.15) is 13.2 Å². The zero-order chi connectivity index (χ0) is 46.5. The van der Waals surface area contributed by atoms with Crippen molar-refractivity contribution in [1.82, 2.24) is 0 Å². The summed E-state index contributed by atoms with van der Waals surface area (Å²) in [5, 5.41) is 9.22. The average Bonchev–Trinajstić information content (AvgIpc) is 3.67. The molecule has 0 heterocycles. The van der Waals surface area contributed by atoms with Crippen LogP contribution in [0.4, 0.5) is 0 Å². The zero-order valence-electron chi connectivity index (χ0n) is 39.1. The first kappa shape index (κ1) is 50.1. The number of amides is 1. The number of hydrogen-bond acceptors (Lipinski definition) is 8. The fraction of sp³-hybridized carbons (Fsp3) is 0.593. The summed E-state index contributed by atoms with van der Waals surface area (Å²) < 4.78 is 30.5. The van der Waals surface area contributed by atoms with Gasteiger partial charge in [-0.3, -0.25) is 23.7 Å². The van der Waals surface area contributed by atoms with Gasteiger partial charge in [0.15, 0.2) is 0 Å². The lowest BCUT2D eigenvalue weighted by Gasteiger charge is -2.61. The van der Waals surface area contributed by atoms with E-state index < -0.39 is 31.2 Å². The van der Waals surface area contributed by atoms with Gasteiger partial charge in [0.05, 0.1) is 18.9 Å². The molecule has 10 nitrogen and oxygen atoms in total. The summed E-state index contributed by atoms with van der Waals surface area (Å²) in [6, 6.07) is 27.4. The highest BCUT2D eigenvalue weighted by molar-refractivity contribution is 7.59. The van der Waals surface area contributed by atoms with Crippen LogP contribution in [0.5, 0.6) is 0 Å². The van der Waals surface area contributed by atoms with Gasteiger partial charge in [-0.15, -0.1) is 0 Å². The van der Waals surface area contributed by atoms with Crippen LogP contribution < -0.4 is 5.73 Å². The molecule has 3 N–H and O–H groups in total. The largest absolute Gasteiger partial charge is 0.481 e. The first-order valence-corrected chi connectivity index (χ1v) is 26.4. The minimum Gasteiger partial charge on any atom is -0.481 e. The van der Waals surface area contributed by atoms with Crippen LogP contribution in [-0.4, -0.2) is 41.2 Å². The molecule has 9 unspecified atom stereocenters. The molecular formula is C54H74NO9P. The maximum Gasteiger partial charge on any atom is 0.309 e. The van der Waals surface area contributed by atoms with Gasteiger partial charge in [0.2, 0.25) is 13.3 Å². The Morgan fingerprint density at radius 2 is 1.29 bits per heavy atom. The number of carbonyl (C=O) groups excluding carboxylic acids is 3. The van der Waals surface area contributed by atoms with Gasteiger partial charge in [-0.05, 0) is 127 Å². The minimum absolute atomic E-state index is 0.00262. The van der Waals surface area contributed by atoms with Gasteiger partial charge in [-0.2, -0.15) is 0 Å². The van der Waals surface area contributed by atoms with E-state index in [-0.39, 0.29) is 57.3 Å². The standard InChI is InChI=1S/C30H33O8P.C24H41NO/c31-28(32)18-19-39(35,38-22-26-14-8-3-9-15-26)23-27(30(34)37-21-25-12-6-2-7-13-25)16-17-29(33)36-20-24-10-4-1-5-11-24;1-16(7-12-22(25)26)19-10-11-20-18-9-8-17-6-4-5-14-23(17,2)21(18)13-15-24(19,20)3/h1-15,27H,16-23H2,(H,31,32);16-21H,4-15H2,1-3H3,(H2,25,26)/t;16-,17?,18?,19?,20?,21?,23?,24?/m.1/s1. The van der Waals surface area contributed by atoms with Crippen molar-refractivity contribution in [3.8, 4) is 0 Å². The van der Waals surface area contributed by atoms with Gasteiger partial charge in [0.25, 0.3) is 0 Å². The predicted molar refractivity (Wildman–Crippen MR) is 253 cm³/mol. The maximum atomic E-state index is 13.8. The Kier molecular flexibility index (Phi) is 18.1. The summed E-state index contributed by atoms with van der Waals surface area (Å²) in [5.74, 6) is 2.08. The fourth-order valence-corrected chi connectivity index (χ4v) is 15.0. The first-order valence-electron chi connectivity index (χ1n) is 24.4. The van der Waals surface area contributed by atoms with Crippen molar-refractivity contribution in [3.63, 3.8) is 0 Å². The number of aliphatic carboxylic acids is 1. The van der Waals surface area contributed by atoms with E-state index in [1.54, 1.807) is 12.1 Å². The molecule has 0 saturated heterocycles. The fourth-order valence-electron chi connectivity index (χ4n) is 12.7. The molecule has 3 aromatic rings. The van der Waals surface area contributed by atoms with Crippen LogP contribution in [-0.2, 0) is 57.6 Å². The van der Waals surface area contributed by atoms with E-state index >= 15 is 0 Å². The van der Waals surface area contributed by atoms with Gasteiger partial charge >= 0.3 is 17.9 Å². The van der Waals surface area contributed by atoms with Crippen molar-refractivity contribution in [1.29, 1.82) is 0 Å². The Morgan fingerprint density at radius 1 is 0.692 bits per heavy atom. The molecule has 3 aromatic carbocycles. The number of primary amides is 1. The SMILES string of the molecule is C[C@H](CCC(N)=O)C1CCC2C3CCC4CCCCC4(C)C3CCC21C.O=C(O)CCP(=O)(CC(CCC(=O)OCc1ccccc1)C(=O)OCc1ccccc1)OCc1ccccc1. The summed E-state index contributed by atoms with van der Waals surface area (Å²) in [4.78, 5) is 48.1. The van der Waals surface area contributed by atoms with Crippen LogP contribution >= 0.6 is 7.37 Å². The molecule has 11 heteroatoms. The Labute approximate surface area is 387 Å². The van der Waals surface area contributed by atoms with E-state index in [0.29, 0.717) is 23.2 Å². The molecule has 4 fully saturated rings. The quantitative estimate of drug-likeness (QED) is 0.0831. The number of rotatable bonds is 20. The molecule has 0 aliphatic heterocycles. The molecule has 0 spiro atoms. The highest BCUT2D eigenvalue weighted by atomic mass is 31.2. The number of hydrogen-bond donors (Lipinski definition) is 2. The molecule has 4 aliphatic rings. The molecule has 0 radical (unpaired) electrons. The number of carboxylic acid groups (broad SMARTS) is 1. The van der Waals surface area contributed by atoms with Crippen molar-refractivity contribution < 1.29 is 42.8 Å². The first-order chi connectivity index (χ1) is 31.2. The Bertz CT molecular complexity index is 2050. The van der Waals surface area contributed by atoms with Crippen molar-refractivity contribution in [2.45, 2.75) is 137 Å². The summed E-state index contributed by atoms with van der Waals surface area (Å²) >= 11 is 0. The molecule has 1 amide bonds. The third-order valence-electron chi connectivity index (χ3n) is 16.2. The summed E-state index contributed by atoms with van der Waals surface area (Å²) in [6.07, 6.45) is 15.4. The van der Waals surface area contributed by atoms with Crippen LogP contribution in [0.2, 0.25) is 0 Å². The summed E-state index contributed by atoms with van der Waals surface area (Å²) in [7, 11) is -3.60. The Morgan fingerprint density at radius 3 is 1.91 bits per heavy atom. The number of benzene rings is 3. The summed E-state index contributed by atoms with van der Waals surface area (Å²) in [5.41, 5.74) is 8.98.